The first-order chi connectivity index (χ1) is 60.9. The van der Waals surface area contributed by atoms with Crippen molar-refractivity contribution in [2.75, 3.05) is 19.7 Å². The third-order valence-electron chi connectivity index (χ3n) is 19.0. The van der Waals surface area contributed by atoms with Crippen LogP contribution in [0.25, 0.3) is 38.8 Å². The van der Waals surface area contributed by atoms with Crippen LogP contribution in [0.15, 0.2) is 327 Å². The lowest BCUT2D eigenvalue weighted by atomic mass is 10.1. The molecule has 125 heavy (non-hydrogen) atoms. The average molecular weight is 1680 g/mol. The van der Waals surface area contributed by atoms with Crippen molar-refractivity contribution < 1.29 is 58.0 Å². The van der Waals surface area contributed by atoms with Crippen LogP contribution in [0.2, 0.25) is 0 Å². The minimum atomic E-state index is -0.805. The number of amides is 2. The molecule has 27 heteroatoms. The molecule has 0 bridgehead atoms. The number of unbranched alkanes of at least 4 members (excludes halogenated alkanes) is 1. The number of hydrazone groups is 1. The van der Waals surface area contributed by atoms with Gasteiger partial charge in [0.1, 0.15) is 50.3 Å². The second-order valence-electron chi connectivity index (χ2n) is 28.1. The van der Waals surface area contributed by atoms with E-state index in [0.717, 1.165) is 76.6 Å². The lowest BCUT2D eigenvalue weighted by Crippen LogP contribution is -2.24. The number of ether oxygens (including phenoxy) is 6. The molecule has 0 atom stereocenters. The third kappa shape index (κ3) is 28.8. The molecule has 15 aromatic rings. The Morgan fingerprint density at radius 3 is 1.15 bits per heavy atom. The van der Waals surface area contributed by atoms with Crippen LogP contribution in [0.5, 0.6) is 40.2 Å². The summed E-state index contributed by atoms with van der Waals surface area (Å²) in [5.41, 5.74) is 17.1. The van der Waals surface area contributed by atoms with Crippen LogP contribution in [0.1, 0.15) is 82.7 Å². The maximum Gasteiger partial charge on any atom is 0.332 e. The lowest BCUT2D eigenvalue weighted by molar-refractivity contribution is -0.386. The Balaban J connectivity index is 0.000000154. The summed E-state index contributed by atoms with van der Waals surface area (Å²) >= 11 is 0. The van der Waals surface area contributed by atoms with E-state index in [-0.39, 0.29) is 52.2 Å². The quantitative estimate of drug-likeness (QED) is 0.0115. The number of benzene rings is 12. The van der Waals surface area contributed by atoms with Gasteiger partial charge >= 0.3 is 28.8 Å². The highest BCUT2D eigenvalue weighted by Gasteiger charge is 2.23. The molecule has 0 unspecified atom stereocenters. The molecule has 27 nitrogen and oxygen atoms in total. The van der Waals surface area contributed by atoms with Crippen LogP contribution in [-0.2, 0) is 39.5 Å². The zero-order valence-corrected chi connectivity index (χ0v) is 69.3. The highest BCUT2D eigenvalue weighted by molar-refractivity contribution is 5.87. The smallest absolute Gasteiger partial charge is 0.332 e. The van der Waals surface area contributed by atoms with Crippen LogP contribution >= 0.6 is 0 Å². The number of carbonyl (C=O) groups excluding carboxylic acids is 1. The van der Waals surface area contributed by atoms with Crippen LogP contribution in [-0.4, -0.2) is 76.6 Å². The number of nitrogens with two attached hydrogens (primary N) is 1. The molecule has 0 spiro atoms. The van der Waals surface area contributed by atoms with E-state index in [1.54, 1.807) is 86.7 Å². The molecule has 1 fully saturated rings. The highest BCUT2D eigenvalue weighted by atomic mass is 16.6. The molecule has 0 aliphatic carbocycles. The van der Waals surface area contributed by atoms with E-state index in [1.807, 2.05) is 206 Å². The molecular weight excluding hydrogens is 1590 g/mol. The predicted octanol–water partition coefficient (Wildman–Crippen LogP) is 22.5. The number of H-pyrrole nitrogens is 3. The van der Waals surface area contributed by atoms with Crippen molar-refractivity contribution in [3.05, 3.63) is 413 Å². The van der Waals surface area contributed by atoms with Gasteiger partial charge in [-0.2, -0.15) is 5.10 Å². The molecular formula is C98H97N11O16. The molecule has 0 radical (unpaired) electrons. The number of phenolic OH excluding ortho intramolecular Hbond substituents is 1. The van der Waals surface area contributed by atoms with E-state index >= 15 is 0 Å². The molecule has 0 saturated carbocycles. The number of aromatic nitrogens is 3. The van der Waals surface area contributed by atoms with E-state index < -0.39 is 20.8 Å². The summed E-state index contributed by atoms with van der Waals surface area (Å²) < 4.78 is 34.2. The number of rotatable bonds is 28. The van der Waals surface area contributed by atoms with Gasteiger partial charge < -0.3 is 59.1 Å². The Labute approximate surface area is 722 Å². The largest absolute Gasteiger partial charge is 0.502 e. The topological polar surface area (TPSA) is 366 Å². The maximum absolute atomic E-state index is 11.5. The maximum atomic E-state index is 11.5. The molecule has 4 heterocycles. The van der Waals surface area contributed by atoms with Crippen molar-refractivity contribution in [2.24, 2.45) is 10.8 Å². The van der Waals surface area contributed by atoms with Gasteiger partial charge in [0, 0.05) is 77.2 Å². The molecule has 2 amide bonds. The Kier molecular flexibility index (Phi) is 35.7. The summed E-state index contributed by atoms with van der Waals surface area (Å²) in [4.78, 5) is 64.6. The molecule has 640 valence electrons. The number of fused-ring (bicyclic) bond motifs is 3. The van der Waals surface area contributed by atoms with Gasteiger partial charge in [0.2, 0.25) is 0 Å². The Morgan fingerprint density at radius 2 is 0.768 bits per heavy atom. The van der Waals surface area contributed by atoms with Gasteiger partial charge in [-0.05, 0) is 140 Å². The number of aryl methyl sites for hydroxylation is 2. The molecule has 1 aliphatic rings. The summed E-state index contributed by atoms with van der Waals surface area (Å²) in [7, 11) is 0. The van der Waals surface area contributed by atoms with E-state index in [9.17, 15) is 45.3 Å². The summed E-state index contributed by atoms with van der Waals surface area (Å²) in [6.07, 6.45) is 15.6. The van der Waals surface area contributed by atoms with Gasteiger partial charge in [0.25, 0.3) is 0 Å². The van der Waals surface area contributed by atoms with Gasteiger partial charge in [-0.15, -0.1) is 0 Å². The molecule has 1 saturated heterocycles. The number of primary amides is 1. The van der Waals surface area contributed by atoms with E-state index in [2.05, 4.69) is 80.4 Å². The monoisotopic (exact) mass is 1680 g/mol. The Hall–Kier alpha value is -16.1. The minimum absolute atomic E-state index is 0.0175. The first-order valence-corrected chi connectivity index (χ1v) is 40.3. The molecule has 12 aromatic carbocycles. The van der Waals surface area contributed by atoms with Crippen molar-refractivity contribution in [3.63, 3.8) is 0 Å². The van der Waals surface area contributed by atoms with E-state index in [0.29, 0.717) is 60.2 Å². The summed E-state index contributed by atoms with van der Waals surface area (Å²) in [6.45, 7) is 10.3. The SMILES string of the molecule is CCCCOc1cccc2cc[nH]c12.Cc1cccc(O)c1[N+](=O)[O-].Cc1cccc(OCc2ccccc2)c1[N+](=O)[O-].NC(=O)N/N=C/Cc1cccc(OCc2ccccc2)c1[N+](=O)[O-].O=[N+]([O-])c1c(/C=C/N2CCCC2)cccc1OCc1ccccc1.c1ccc(COc2cccc3cc[nH]c23)cc1.c1ccc(COc2cccc3cc[nH]c23)cc1. The fourth-order valence-electron chi connectivity index (χ4n) is 12.8. The summed E-state index contributed by atoms with van der Waals surface area (Å²) in [5, 5.41) is 60.3. The number of urea groups is 1. The first kappa shape index (κ1) is 91.2. The average Bonchev–Trinajstić information content (AvgIpc) is 1.81. The summed E-state index contributed by atoms with van der Waals surface area (Å²) in [6, 6.07) is 92.0. The predicted molar refractivity (Wildman–Crippen MR) is 487 cm³/mol. The Bertz CT molecular complexity index is 5830. The third-order valence-corrected chi connectivity index (χ3v) is 19.0. The van der Waals surface area contributed by atoms with Gasteiger partial charge in [-0.25, -0.2) is 10.2 Å². The van der Waals surface area contributed by atoms with Crippen LogP contribution in [0.4, 0.5) is 27.5 Å². The van der Waals surface area contributed by atoms with Crippen molar-refractivity contribution in [2.45, 2.75) is 85.9 Å². The van der Waals surface area contributed by atoms with Crippen molar-refractivity contribution in [3.8, 4) is 40.2 Å². The molecule has 1 aliphatic heterocycles. The molecule has 7 N–H and O–H groups in total. The van der Waals surface area contributed by atoms with Gasteiger partial charge in [0.05, 0.1) is 48.4 Å². The second-order valence-corrected chi connectivity index (χ2v) is 28.1. The number of nitrogens with one attached hydrogen (secondary N) is 4. The van der Waals surface area contributed by atoms with Crippen LogP contribution in [0, 0.1) is 54.3 Å². The second kappa shape index (κ2) is 48.9. The van der Waals surface area contributed by atoms with Crippen molar-refractivity contribution in [1.82, 2.24) is 25.3 Å². The standard InChI is InChI=1S/C19H20N2O3.C16H16N4O4.2C15H13NO.C14H13NO3.C12H15NO.C7H7NO3/c22-21(23)19-17(11-14-20-12-4-5-13-20)9-6-10-18(19)24-15-16-7-2-1-3-8-16;17-16(21)19-18-10-9-13-7-4-8-14(15(13)20(22)23)24-11-12-5-2-1-3-6-12;2*1-2-5-12(6-3-1)11-17-14-8-4-7-13-9-10-16-15(13)14;1-11-6-5-9-13(14(11)15(16)17)18-10-12-7-3-2-4-8-12;1-2-3-9-14-11-6-4-5-10-7-8-13-12(10)11;1-5-3-2-4-6(9)7(5)8(10)11/h1-3,6-11,14H,4-5,12-13,15H2;1-8,10H,9,11H2,(H3,17,19,21);2*1-10,16H,11H2;2-9H,10H2,1H3;4-8,13H,2-3,9H2,1H3;2-4,9H,1H3/b14-11+;18-10+;;;;;. The van der Waals surface area contributed by atoms with Gasteiger partial charge in [0.15, 0.2) is 23.0 Å². The van der Waals surface area contributed by atoms with Crippen molar-refractivity contribution in [1.29, 1.82) is 0 Å². The van der Waals surface area contributed by atoms with E-state index in [4.69, 9.17) is 39.3 Å². The number of aromatic hydroxyl groups is 1. The van der Waals surface area contributed by atoms with Gasteiger partial charge in [-0.1, -0.05) is 244 Å². The number of nitrogens with zero attached hydrogens (tertiary/aromatic N) is 6. The van der Waals surface area contributed by atoms with E-state index in [1.165, 1.54) is 58.8 Å². The Morgan fingerprint density at radius 1 is 0.424 bits per heavy atom. The van der Waals surface area contributed by atoms with Crippen molar-refractivity contribution >= 4 is 73.8 Å². The number of hydrogen-bond acceptors (Lipinski definition) is 18. The molecule has 16 rings (SSSR count). The molecule has 3 aromatic heterocycles. The number of para-hydroxylation sites is 7. The highest BCUT2D eigenvalue weighted by Crippen LogP contribution is 2.36. The number of carbonyl (C=O) groups is 1. The number of aromatic amines is 3. The number of hydrogen-bond donors (Lipinski definition) is 6. The normalized spacial score (nSPS) is 11.1. The zero-order valence-electron chi connectivity index (χ0n) is 69.3. The fourth-order valence-corrected chi connectivity index (χ4v) is 12.8. The number of phenols is 1. The number of likely N-dealkylation sites (tertiary alicyclic amines) is 1. The van der Waals surface area contributed by atoms with Crippen LogP contribution in [0.3, 0.4) is 0 Å². The number of nitro groups is 4. The summed E-state index contributed by atoms with van der Waals surface area (Å²) in [5.74, 6) is 3.26. The van der Waals surface area contributed by atoms with Gasteiger partial charge in [-0.3, -0.25) is 40.5 Å². The fraction of sp³-hybridized carbons (Fsp3) is 0.163. The zero-order chi connectivity index (χ0) is 88.3. The minimum Gasteiger partial charge on any atom is -0.502 e. The van der Waals surface area contributed by atoms with Crippen LogP contribution < -0.4 is 39.6 Å². The lowest BCUT2D eigenvalue weighted by Gasteiger charge is -2.11. The number of nitro benzene ring substituents is 4. The first-order valence-electron chi connectivity index (χ1n) is 40.3.